The van der Waals surface area contributed by atoms with E-state index in [4.69, 9.17) is 0 Å². The lowest BCUT2D eigenvalue weighted by atomic mass is 10.3. The number of halogens is 1. The van der Waals surface area contributed by atoms with Gasteiger partial charge in [0.25, 0.3) is 0 Å². The molecule has 0 bridgehead atoms. The molecule has 0 unspecified atom stereocenters. The van der Waals surface area contributed by atoms with Gasteiger partial charge >= 0.3 is 0 Å². The molecular formula is C12H18BrN3O2S. The SMILES string of the molecule is CCCN1CCN(S(=O)(=O)c2cncc(Br)c2)CC1. The molecule has 1 aliphatic heterocycles. The summed E-state index contributed by atoms with van der Waals surface area (Å²) >= 11 is 3.26. The summed E-state index contributed by atoms with van der Waals surface area (Å²) in [7, 11) is -3.41. The average Bonchev–Trinajstić information content (AvgIpc) is 2.40. The first-order valence-electron chi connectivity index (χ1n) is 6.37. The highest BCUT2D eigenvalue weighted by Gasteiger charge is 2.28. The molecule has 0 amide bonds. The Kier molecular flexibility index (Phi) is 4.94. The van der Waals surface area contributed by atoms with Crippen molar-refractivity contribution < 1.29 is 8.42 Å². The maximum Gasteiger partial charge on any atom is 0.244 e. The van der Waals surface area contributed by atoms with Gasteiger partial charge in [-0.1, -0.05) is 6.92 Å². The van der Waals surface area contributed by atoms with Crippen molar-refractivity contribution in [2.75, 3.05) is 32.7 Å². The molecule has 0 aliphatic carbocycles. The Morgan fingerprint density at radius 3 is 2.53 bits per heavy atom. The molecule has 5 nitrogen and oxygen atoms in total. The fourth-order valence-electron chi connectivity index (χ4n) is 2.19. The fraction of sp³-hybridized carbons (Fsp3) is 0.583. The van der Waals surface area contributed by atoms with E-state index in [0.29, 0.717) is 17.6 Å². The van der Waals surface area contributed by atoms with E-state index in [1.54, 1.807) is 16.6 Å². The molecule has 1 aromatic rings. The van der Waals surface area contributed by atoms with Gasteiger partial charge in [-0.25, -0.2) is 8.42 Å². The van der Waals surface area contributed by atoms with Crippen LogP contribution in [-0.4, -0.2) is 55.3 Å². The maximum absolute atomic E-state index is 12.5. The van der Waals surface area contributed by atoms with Crippen LogP contribution < -0.4 is 0 Å². The van der Waals surface area contributed by atoms with Crippen molar-refractivity contribution in [3.63, 3.8) is 0 Å². The first kappa shape index (κ1) is 14.9. The topological polar surface area (TPSA) is 53.5 Å². The van der Waals surface area contributed by atoms with Gasteiger partial charge in [-0.05, 0) is 35.0 Å². The lowest BCUT2D eigenvalue weighted by Crippen LogP contribution is -2.48. The van der Waals surface area contributed by atoms with E-state index in [-0.39, 0.29) is 4.90 Å². The highest BCUT2D eigenvalue weighted by molar-refractivity contribution is 9.10. The molecule has 19 heavy (non-hydrogen) atoms. The molecule has 1 aromatic heterocycles. The third-order valence-electron chi connectivity index (χ3n) is 3.19. The zero-order valence-electron chi connectivity index (χ0n) is 10.9. The summed E-state index contributed by atoms with van der Waals surface area (Å²) in [5.74, 6) is 0. The van der Waals surface area contributed by atoms with Gasteiger partial charge in [-0.15, -0.1) is 0 Å². The third kappa shape index (κ3) is 3.53. The lowest BCUT2D eigenvalue weighted by molar-refractivity contribution is 0.188. The second kappa shape index (κ2) is 6.30. The number of rotatable bonds is 4. The molecule has 7 heteroatoms. The number of piperazine rings is 1. The van der Waals surface area contributed by atoms with Gasteiger partial charge in [0.2, 0.25) is 10.0 Å². The predicted molar refractivity (Wildman–Crippen MR) is 77.4 cm³/mol. The fourth-order valence-corrected chi connectivity index (χ4v) is 4.12. The number of sulfonamides is 1. The normalized spacial score (nSPS) is 18.6. The Bertz CT molecular complexity index is 528. The zero-order chi connectivity index (χ0) is 13.9. The van der Waals surface area contributed by atoms with Crippen LogP contribution in [0.4, 0.5) is 0 Å². The zero-order valence-corrected chi connectivity index (χ0v) is 13.3. The van der Waals surface area contributed by atoms with Crippen LogP contribution in [0.3, 0.4) is 0 Å². The largest absolute Gasteiger partial charge is 0.301 e. The van der Waals surface area contributed by atoms with Crippen molar-refractivity contribution in [2.45, 2.75) is 18.2 Å². The second-order valence-corrected chi connectivity index (χ2v) is 7.44. The summed E-state index contributed by atoms with van der Waals surface area (Å²) < 4.78 is 27.1. The van der Waals surface area contributed by atoms with Gasteiger partial charge < -0.3 is 4.90 Å². The maximum atomic E-state index is 12.5. The first-order chi connectivity index (χ1) is 9.04. The van der Waals surface area contributed by atoms with Gasteiger partial charge in [-0.2, -0.15) is 4.31 Å². The summed E-state index contributed by atoms with van der Waals surface area (Å²) in [6.07, 6.45) is 4.08. The average molecular weight is 348 g/mol. The minimum absolute atomic E-state index is 0.255. The van der Waals surface area contributed by atoms with Crippen LogP contribution in [0.15, 0.2) is 27.8 Å². The van der Waals surface area contributed by atoms with E-state index >= 15 is 0 Å². The van der Waals surface area contributed by atoms with Crippen LogP contribution >= 0.6 is 15.9 Å². The molecule has 1 saturated heterocycles. The van der Waals surface area contributed by atoms with Crippen molar-refractivity contribution in [3.8, 4) is 0 Å². The van der Waals surface area contributed by atoms with Crippen molar-refractivity contribution in [2.24, 2.45) is 0 Å². The third-order valence-corrected chi connectivity index (χ3v) is 5.49. The molecule has 0 aromatic carbocycles. The molecule has 1 aliphatic rings. The van der Waals surface area contributed by atoms with Crippen LogP contribution in [0, 0.1) is 0 Å². The monoisotopic (exact) mass is 347 g/mol. The minimum atomic E-state index is -3.41. The van der Waals surface area contributed by atoms with Crippen molar-refractivity contribution in [3.05, 3.63) is 22.9 Å². The smallest absolute Gasteiger partial charge is 0.244 e. The molecule has 0 spiro atoms. The van der Waals surface area contributed by atoms with Crippen molar-refractivity contribution in [1.82, 2.24) is 14.2 Å². The molecule has 2 heterocycles. The van der Waals surface area contributed by atoms with E-state index in [1.165, 1.54) is 6.20 Å². The van der Waals surface area contributed by atoms with Crippen LogP contribution in [0.2, 0.25) is 0 Å². The summed E-state index contributed by atoms with van der Waals surface area (Å²) in [6.45, 7) is 5.87. The first-order valence-corrected chi connectivity index (χ1v) is 8.60. The number of pyridine rings is 1. The Labute approximate surface area is 122 Å². The highest BCUT2D eigenvalue weighted by atomic mass is 79.9. The van der Waals surface area contributed by atoms with Crippen LogP contribution in [0.5, 0.6) is 0 Å². The Balaban J connectivity index is 2.10. The molecule has 0 atom stereocenters. The number of hydrogen-bond donors (Lipinski definition) is 0. The quantitative estimate of drug-likeness (QED) is 0.829. The lowest BCUT2D eigenvalue weighted by Gasteiger charge is -2.33. The number of aromatic nitrogens is 1. The Hall–Kier alpha value is -0.500. The van der Waals surface area contributed by atoms with Gasteiger partial charge in [0.1, 0.15) is 4.90 Å². The van der Waals surface area contributed by atoms with E-state index in [9.17, 15) is 8.42 Å². The van der Waals surface area contributed by atoms with E-state index in [0.717, 1.165) is 26.1 Å². The molecule has 0 saturated carbocycles. The molecule has 1 fully saturated rings. The number of hydrogen-bond acceptors (Lipinski definition) is 4. The minimum Gasteiger partial charge on any atom is -0.301 e. The summed E-state index contributed by atoms with van der Waals surface area (Å²) in [5.41, 5.74) is 0. The molecule has 2 rings (SSSR count). The summed E-state index contributed by atoms with van der Waals surface area (Å²) in [5, 5.41) is 0. The van der Waals surface area contributed by atoms with Gasteiger partial charge in [0, 0.05) is 43.0 Å². The summed E-state index contributed by atoms with van der Waals surface area (Å²) in [4.78, 5) is 6.48. The van der Waals surface area contributed by atoms with Gasteiger partial charge in [0.05, 0.1) is 0 Å². The van der Waals surface area contributed by atoms with E-state index in [2.05, 4.69) is 32.7 Å². The second-order valence-electron chi connectivity index (χ2n) is 4.58. The van der Waals surface area contributed by atoms with Crippen molar-refractivity contribution in [1.29, 1.82) is 0 Å². The van der Waals surface area contributed by atoms with Crippen LogP contribution in [0.25, 0.3) is 0 Å². The predicted octanol–water partition coefficient (Wildman–Crippen LogP) is 1.56. The van der Waals surface area contributed by atoms with Crippen LogP contribution in [0.1, 0.15) is 13.3 Å². The molecular weight excluding hydrogens is 330 g/mol. The van der Waals surface area contributed by atoms with Crippen molar-refractivity contribution >= 4 is 26.0 Å². The van der Waals surface area contributed by atoms with Crippen LogP contribution in [-0.2, 0) is 10.0 Å². The molecule has 0 radical (unpaired) electrons. The van der Waals surface area contributed by atoms with Gasteiger partial charge in [0.15, 0.2) is 0 Å². The Morgan fingerprint density at radius 1 is 1.26 bits per heavy atom. The highest BCUT2D eigenvalue weighted by Crippen LogP contribution is 2.19. The van der Waals surface area contributed by atoms with Gasteiger partial charge in [-0.3, -0.25) is 4.98 Å². The molecule has 0 N–H and O–H groups in total. The summed E-state index contributed by atoms with van der Waals surface area (Å²) in [6, 6.07) is 1.60. The standard InChI is InChI=1S/C12H18BrN3O2S/c1-2-3-15-4-6-16(7-5-15)19(17,18)12-8-11(13)9-14-10-12/h8-10H,2-7H2,1H3. The van der Waals surface area contributed by atoms with E-state index < -0.39 is 10.0 Å². The Morgan fingerprint density at radius 2 is 1.95 bits per heavy atom. The number of nitrogens with zero attached hydrogens (tertiary/aromatic N) is 3. The van der Waals surface area contributed by atoms with E-state index in [1.807, 2.05) is 0 Å². The molecule has 106 valence electrons.